The van der Waals surface area contributed by atoms with Crippen LogP contribution in [-0.2, 0) is 4.79 Å². The summed E-state index contributed by atoms with van der Waals surface area (Å²) in [7, 11) is 0. The Bertz CT molecular complexity index is 317. The van der Waals surface area contributed by atoms with Gasteiger partial charge < -0.3 is 9.90 Å². The second-order valence-corrected chi connectivity index (χ2v) is 3.01. The summed E-state index contributed by atoms with van der Waals surface area (Å²) in [6.07, 6.45) is 0.548. The molecule has 1 aromatic rings. The van der Waals surface area contributed by atoms with Gasteiger partial charge in [-0.15, -0.1) is 0 Å². The van der Waals surface area contributed by atoms with Gasteiger partial charge in [0.15, 0.2) is 5.78 Å². The van der Waals surface area contributed by atoms with E-state index < -0.39 is 5.97 Å². The van der Waals surface area contributed by atoms with E-state index >= 15 is 0 Å². The Hall–Kier alpha value is -1.64. The number of hydrogen-bond donors (Lipinski definition) is 0. The summed E-state index contributed by atoms with van der Waals surface area (Å²) in [6, 6.07) is 8.85. The highest BCUT2D eigenvalue weighted by molar-refractivity contribution is 5.96. The normalized spacial score (nSPS) is 9.71. The van der Waals surface area contributed by atoms with Crippen LogP contribution in [0, 0.1) is 0 Å². The van der Waals surface area contributed by atoms with E-state index in [0.717, 1.165) is 0 Å². The van der Waals surface area contributed by atoms with Gasteiger partial charge in [0.2, 0.25) is 0 Å². The average molecular weight is 191 g/mol. The molecule has 0 aliphatic rings. The van der Waals surface area contributed by atoms with Crippen molar-refractivity contribution < 1.29 is 14.7 Å². The third-order valence-electron chi connectivity index (χ3n) is 1.88. The van der Waals surface area contributed by atoms with E-state index in [9.17, 15) is 14.7 Å². The molecule has 0 amide bonds. The molecule has 0 saturated heterocycles. The number of carboxylic acids is 1. The fraction of sp³-hybridized carbons (Fsp3) is 0.273. The van der Waals surface area contributed by atoms with Crippen molar-refractivity contribution in [3.8, 4) is 0 Å². The monoisotopic (exact) mass is 191 g/mol. The topological polar surface area (TPSA) is 57.2 Å². The zero-order chi connectivity index (χ0) is 10.4. The first-order valence-electron chi connectivity index (χ1n) is 4.48. The van der Waals surface area contributed by atoms with Crippen molar-refractivity contribution >= 4 is 11.8 Å². The SMILES string of the molecule is O=C([O-])CCCC(=O)c1ccccc1. The zero-order valence-electron chi connectivity index (χ0n) is 7.73. The molecule has 0 radical (unpaired) electrons. The van der Waals surface area contributed by atoms with E-state index in [4.69, 9.17) is 0 Å². The smallest absolute Gasteiger partial charge is 0.162 e. The molecule has 0 saturated carbocycles. The predicted molar refractivity (Wildman–Crippen MR) is 49.6 cm³/mol. The van der Waals surface area contributed by atoms with E-state index in [-0.39, 0.29) is 18.6 Å². The Kier molecular flexibility index (Phi) is 3.85. The van der Waals surface area contributed by atoms with Crippen molar-refractivity contribution in [1.29, 1.82) is 0 Å². The summed E-state index contributed by atoms with van der Waals surface area (Å²) in [4.78, 5) is 21.5. The van der Waals surface area contributed by atoms with Crippen molar-refractivity contribution in [3.05, 3.63) is 35.9 Å². The molecule has 14 heavy (non-hydrogen) atoms. The highest BCUT2D eigenvalue weighted by Gasteiger charge is 2.03. The minimum atomic E-state index is -1.11. The highest BCUT2D eigenvalue weighted by Crippen LogP contribution is 2.05. The van der Waals surface area contributed by atoms with Gasteiger partial charge >= 0.3 is 0 Å². The van der Waals surface area contributed by atoms with Crippen molar-refractivity contribution in [2.45, 2.75) is 19.3 Å². The maximum Gasteiger partial charge on any atom is 0.162 e. The molecular formula is C11H11O3-. The van der Waals surface area contributed by atoms with Gasteiger partial charge in [0, 0.05) is 18.0 Å². The Labute approximate surface area is 82.4 Å². The van der Waals surface area contributed by atoms with Gasteiger partial charge in [0.05, 0.1) is 0 Å². The number of carboxylic acid groups (broad SMARTS) is 1. The fourth-order valence-electron chi connectivity index (χ4n) is 1.16. The summed E-state index contributed by atoms with van der Waals surface area (Å²) < 4.78 is 0. The zero-order valence-corrected chi connectivity index (χ0v) is 7.73. The number of carbonyl (C=O) groups excluding carboxylic acids is 2. The molecule has 0 unspecified atom stereocenters. The standard InChI is InChI=1S/C11H12O3/c12-10(7-4-8-11(13)14)9-5-2-1-3-6-9/h1-3,5-6H,4,7-8H2,(H,13,14)/p-1. The minimum absolute atomic E-state index is 0.0214. The molecular weight excluding hydrogens is 180 g/mol. The highest BCUT2D eigenvalue weighted by atomic mass is 16.4. The molecule has 0 spiro atoms. The summed E-state index contributed by atoms with van der Waals surface area (Å²) in [6.45, 7) is 0. The number of ketones is 1. The van der Waals surface area contributed by atoms with Crippen LogP contribution in [0.1, 0.15) is 29.6 Å². The molecule has 0 aliphatic carbocycles. The lowest BCUT2D eigenvalue weighted by Gasteiger charge is -2.01. The van der Waals surface area contributed by atoms with Crippen molar-refractivity contribution in [1.82, 2.24) is 0 Å². The van der Waals surface area contributed by atoms with Crippen LogP contribution in [0.25, 0.3) is 0 Å². The van der Waals surface area contributed by atoms with E-state index in [0.29, 0.717) is 12.0 Å². The molecule has 0 bridgehead atoms. The molecule has 1 rings (SSSR count). The molecule has 0 atom stereocenters. The van der Waals surface area contributed by atoms with Crippen molar-refractivity contribution in [2.24, 2.45) is 0 Å². The number of hydrogen-bond acceptors (Lipinski definition) is 3. The van der Waals surface area contributed by atoms with Gasteiger partial charge in [-0.1, -0.05) is 30.3 Å². The Morgan fingerprint density at radius 1 is 1.07 bits per heavy atom. The molecule has 0 N–H and O–H groups in total. The molecule has 0 aliphatic heterocycles. The van der Waals surface area contributed by atoms with Crippen molar-refractivity contribution in [3.63, 3.8) is 0 Å². The maximum absolute atomic E-state index is 11.4. The van der Waals surface area contributed by atoms with Crippen LogP contribution in [0.2, 0.25) is 0 Å². The Morgan fingerprint density at radius 3 is 2.29 bits per heavy atom. The van der Waals surface area contributed by atoms with E-state index in [1.54, 1.807) is 24.3 Å². The third-order valence-corrected chi connectivity index (χ3v) is 1.88. The van der Waals surface area contributed by atoms with Gasteiger partial charge in [0.25, 0.3) is 0 Å². The quantitative estimate of drug-likeness (QED) is 0.646. The van der Waals surface area contributed by atoms with Gasteiger partial charge in [-0.05, 0) is 12.8 Å². The molecule has 3 heteroatoms. The van der Waals surface area contributed by atoms with Crippen LogP contribution in [0.5, 0.6) is 0 Å². The second kappa shape index (κ2) is 5.17. The van der Waals surface area contributed by atoms with Crippen molar-refractivity contribution in [2.75, 3.05) is 0 Å². The number of benzene rings is 1. The predicted octanol–water partition coefficient (Wildman–Crippen LogP) is 0.789. The second-order valence-electron chi connectivity index (χ2n) is 3.01. The largest absolute Gasteiger partial charge is 0.550 e. The lowest BCUT2D eigenvalue weighted by molar-refractivity contribution is -0.305. The molecule has 0 heterocycles. The van der Waals surface area contributed by atoms with Gasteiger partial charge in [-0.2, -0.15) is 0 Å². The lowest BCUT2D eigenvalue weighted by Crippen LogP contribution is -2.21. The maximum atomic E-state index is 11.4. The van der Waals surface area contributed by atoms with Gasteiger partial charge in [0.1, 0.15) is 0 Å². The van der Waals surface area contributed by atoms with Crippen LogP contribution in [0.4, 0.5) is 0 Å². The first kappa shape index (κ1) is 10.4. The minimum Gasteiger partial charge on any atom is -0.550 e. The number of aliphatic carboxylic acids is 1. The van der Waals surface area contributed by atoms with Crippen LogP contribution in [-0.4, -0.2) is 11.8 Å². The average Bonchev–Trinajstić information content (AvgIpc) is 2.18. The lowest BCUT2D eigenvalue weighted by atomic mass is 10.1. The first-order chi connectivity index (χ1) is 6.70. The summed E-state index contributed by atoms with van der Waals surface area (Å²) in [5.74, 6) is -1.13. The summed E-state index contributed by atoms with van der Waals surface area (Å²) in [5, 5.41) is 10.1. The Morgan fingerprint density at radius 2 is 1.71 bits per heavy atom. The van der Waals surface area contributed by atoms with Crippen LogP contribution >= 0.6 is 0 Å². The Balaban J connectivity index is 2.40. The van der Waals surface area contributed by atoms with E-state index in [1.807, 2.05) is 6.07 Å². The first-order valence-corrected chi connectivity index (χ1v) is 4.48. The number of rotatable bonds is 5. The fourth-order valence-corrected chi connectivity index (χ4v) is 1.16. The van der Waals surface area contributed by atoms with Gasteiger partial charge in [-0.3, -0.25) is 4.79 Å². The number of carbonyl (C=O) groups is 2. The molecule has 0 aromatic heterocycles. The number of Topliss-reactive ketones (excluding diaryl/α,β-unsaturated/α-hetero) is 1. The molecule has 74 valence electrons. The molecule has 0 fully saturated rings. The van der Waals surface area contributed by atoms with E-state index in [2.05, 4.69) is 0 Å². The molecule has 3 nitrogen and oxygen atoms in total. The van der Waals surface area contributed by atoms with Gasteiger partial charge in [-0.25, -0.2) is 0 Å². The summed E-state index contributed by atoms with van der Waals surface area (Å²) >= 11 is 0. The van der Waals surface area contributed by atoms with Crippen LogP contribution in [0.15, 0.2) is 30.3 Å². The van der Waals surface area contributed by atoms with E-state index in [1.165, 1.54) is 0 Å². The molecule has 1 aromatic carbocycles. The third kappa shape index (κ3) is 3.39. The summed E-state index contributed by atoms with van der Waals surface area (Å²) in [5.41, 5.74) is 0.630. The van der Waals surface area contributed by atoms with Crippen LogP contribution < -0.4 is 5.11 Å². The van der Waals surface area contributed by atoms with Crippen LogP contribution in [0.3, 0.4) is 0 Å².